The molecular weight excluding hydrogens is 356 g/mol. The number of hydrogen-bond acceptors (Lipinski definition) is 4. The fourth-order valence-corrected chi connectivity index (χ4v) is 4.60. The Morgan fingerprint density at radius 3 is 2.43 bits per heavy atom. The van der Waals surface area contributed by atoms with Crippen molar-refractivity contribution in [3.8, 4) is 0 Å². The highest BCUT2D eigenvalue weighted by Gasteiger charge is 2.41. The van der Waals surface area contributed by atoms with Gasteiger partial charge in [0.05, 0.1) is 18.3 Å². The SMILES string of the molecule is CC(CCCC(=O)O)C[C@@H]1[C@@H](CC[C@@H](O)CCc2ccccc2)[C@H](O)C[C@@H]1O. The van der Waals surface area contributed by atoms with Crippen molar-refractivity contribution in [2.75, 3.05) is 0 Å². The van der Waals surface area contributed by atoms with Gasteiger partial charge in [-0.1, -0.05) is 43.7 Å². The lowest BCUT2D eigenvalue weighted by atomic mass is 9.81. The molecule has 2 rings (SSSR count). The van der Waals surface area contributed by atoms with Gasteiger partial charge >= 0.3 is 5.97 Å². The van der Waals surface area contributed by atoms with Crippen molar-refractivity contribution >= 4 is 5.97 Å². The highest BCUT2D eigenvalue weighted by Crippen LogP contribution is 2.40. The highest BCUT2D eigenvalue weighted by molar-refractivity contribution is 5.66. The zero-order chi connectivity index (χ0) is 20.5. The highest BCUT2D eigenvalue weighted by atomic mass is 16.4. The number of aryl methyl sites for hydroxylation is 1. The molecule has 1 aliphatic rings. The molecule has 28 heavy (non-hydrogen) atoms. The number of carboxylic acids is 1. The van der Waals surface area contributed by atoms with Crippen LogP contribution in [0.2, 0.25) is 0 Å². The first-order valence-electron chi connectivity index (χ1n) is 10.7. The number of aliphatic hydroxyl groups is 3. The standard InChI is InChI=1S/C23H36O5/c1-16(6-5-9-23(27)28)14-20-19(21(25)15-22(20)26)13-12-18(24)11-10-17-7-3-2-4-8-17/h2-4,7-8,16,18-22,24-26H,5-6,9-15H2,1H3,(H,27,28)/t16?,18-,19+,20+,21+,22-/m0/s1. The molecule has 0 radical (unpaired) electrons. The fraction of sp³-hybridized carbons (Fsp3) is 0.696. The molecule has 158 valence electrons. The third-order valence-electron chi connectivity index (χ3n) is 6.23. The lowest BCUT2D eigenvalue weighted by Gasteiger charge is -2.27. The Morgan fingerprint density at radius 2 is 1.75 bits per heavy atom. The zero-order valence-corrected chi connectivity index (χ0v) is 16.9. The van der Waals surface area contributed by atoms with Gasteiger partial charge in [0.1, 0.15) is 0 Å². The summed E-state index contributed by atoms with van der Waals surface area (Å²) >= 11 is 0. The van der Waals surface area contributed by atoms with Crippen LogP contribution < -0.4 is 0 Å². The van der Waals surface area contributed by atoms with E-state index in [0.29, 0.717) is 38.0 Å². The number of carboxylic acid groups (broad SMARTS) is 1. The fourth-order valence-electron chi connectivity index (χ4n) is 4.60. The van der Waals surface area contributed by atoms with Crippen molar-refractivity contribution in [2.45, 2.75) is 83.0 Å². The monoisotopic (exact) mass is 392 g/mol. The topological polar surface area (TPSA) is 98.0 Å². The molecule has 4 N–H and O–H groups in total. The molecule has 1 aliphatic carbocycles. The summed E-state index contributed by atoms with van der Waals surface area (Å²) in [6, 6.07) is 10.1. The second kappa shape index (κ2) is 11.5. The van der Waals surface area contributed by atoms with Crippen molar-refractivity contribution in [1.82, 2.24) is 0 Å². The number of aliphatic hydroxyl groups excluding tert-OH is 3. The second-order valence-corrected chi connectivity index (χ2v) is 8.58. The molecule has 0 heterocycles. The maximum absolute atomic E-state index is 10.7. The third kappa shape index (κ3) is 7.53. The van der Waals surface area contributed by atoms with E-state index in [1.807, 2.05) is 18.2 Å². The number of aliphatic carboxylic acids is 1. The van der Waals surface area contributed by atoms with E-state index in [9.17, 15) is 20.1 Å². The van der Waals surface area contributed by atoms with Crippen LogP contribution in [0.4, 0.5) is 0 Å². The van der Waals surface area contributed by atoms with Gasteiger partial charge < -0.3 is 20.4 Å². The summed E-state index contributed by atoms with van der Waals surface area (Å²) in [5.74, 6) is -0.430. The maximum atomic E-state index is 10.7. The quantitative estimate of drug-likeness (QED) is 0.437. The predicted octanol–water partition coefficient (Wildman–Crippen LogP) is 3.40. The lowest BCUT2D eigenvalue weighted by Crippen LogP contribution is -2.25. The molecule has 1 fully saturated rings. The van der Waals surface area contributed by atoms with E-state index in [1.165, 1.54) is 5.56 Å². The Balaban J connectivity index is 1.78. The molecule has 1 unspecified atom stereocenters. The average molecular weight is 393 g/mol. The van der Waals surface area contributed by atoms with E-state index >= 15 is 0 Å². The first-order valence-corrected chi connectivity index (χ1v) is 10.7. The summed E-state index contributed by atoms with van der Waals surface area (Å²) in [6.07, 6.45) is 4.27. The van der Waals surface area contributed by atoms with E-state index in [0.717, 1.165) is 19.3 Å². The molecule has 5 heteroatoms. The van der Waals surface area contributed by atoms with Crippen LogP contribution in [-0.4, -0.2) is 44.7 Å². The molecule has 0 saturated heterocycles. The molecule has 1 saturated carbocycles. The Morgan fingerprint density at radius 1 is 1.07 bits per heavy atom. The summed E-state index contributed by atoms with van der Waals surface area (Å²) in [7, 11) is 0. The summed E-state index contributed by atoms with van der Waals surface area (Å²) in [4.78, 5) is 10.7. The molecule has 1 aromatic rings. The minimum atomic E-state index is -0.772. The molecule has 0 bridgehead atoms. The molecular formula is C23H36O5. The van der Waals surface area contributed by atoms with Crippen molar-refractivity contribution in [3.05, 3.63) is 35.9 Å². The van der Waals surface area contributed by atoms with Crippen LogP contribution in [0.25, 0.3) is 0 Å². The second-order valence-electron chi connectivity index (χ2n) is 8.58. The summed E-state index contributed by atoms with van der Waals surface area (Å²) in [5, 5.41) is 39.9. The molecule has 6 atom stereocenters. The van der Waals surface area contributed by atoms with Gasteiger partial charge in [-0.15, -0.1) is 0 Å². The third-order valence-corrected chi connectivity index (χ3v) is 6.23. The van der Waals surface area contributed by atoms with Gasteiger partial charge in [0, 0.05) is 6.42 Å². The summed E-state index contributed by atoms with van der Waals surface area (Å²) < 4.78 is 0. The molecule has 0 aromatic heterocycles. The summed E-state index contributed by atoms with van der Waals surface area (Å²) in [6.45, 7) is 2.09. The van der Waals surface area contributed by atoms with Gasteiger partial charge in [0.15, 0.2) is 0 Å². The molecule has 0 aliphatic heterocycles. The minimum Gasteiger partial charge on any atom is -0.481 e. The van der Waals surface area contributed by atoms with Crippen LogP contribution in [0.15, 0.2) is 30.3 Å². The van der Waals surface area contributed by atoms with Gasteiger partial charge in [-0.2, -0.15) is 0 Å². The van der Waals surface area contributed by atoms with Crippen molar-refractivity contribution < 1.29 is 25.2 Å². The van der Waals surface area contributed by atoms with E-state index in [2.05, 4.69) is 19.1 Å². The van der Waals surface area contributed by atoms with Crippen LogP contribution in [0.1, 0.15) is 63.9 Å². The van der Waals surface area contributed by atoms with Crippen molar-refractivity contribution in [3.63, 3.8) is 0 Å². The van der Waals surface area contributed by atoms with Crippen LogP contribution in [0.3, 0.4) is 0 Å². The Bertz CT molecular complexity index is 576. The smallest absolute Gasteiger partial charge is 0.303 e. The average Bonchev–Trinajstić information content (AvgIpc) is 2.91. The normalized spacial score (nSPS) is 26.9. The van der Waals surface area contributed by atoms with E-state index in [-0.39, 0.29) is 18.3 Å². The van der Waals surface area contributed by atoms with Crippen LogP contribution >= 0.6 is 0 Å². The molecule has 1 aromatic carbocycles. The van der Waals surface area contributed by atoms with Gasteiger partial charge in [0.25, 0.3) is 0 Å². The Kier molecular flexibility index (Phi) is 9.42. The first-order chi connectivity index (χ1) is 13.4. The van der Waals surface area contributed by atoms with Gasteiger partial charge in [-0.05, 0) is 68.3 Å². The largest absolute Gasteiger partial charge is 0.481 e. The minimum absolute atomic E-state index is 0.00305. The Labute approximate surface area is 168 Å². The van der Waals surface area contributed by atoms with Crippen molar-refractivity contribution in [2.24, 2.45) is 17.8 Å². The lowest BCUT2D eigenvalue weighted by molar-refractivity contribution is -0.137. The number of rotatable bonds is 12. The van der Waals surface area contributed by atoms with Gasteiger partial charge in [-0.25, -0.2) is 0 Å². The van der Waals surface area contributed by atoms with E-state index in [1.54, 1.807) is 0 Å². The number of carbonyl (C=O) groups is 1. The molecule has 0 spiro atoms. The predicted molar refractivity (Wildman–Crippen MR) is 109 cm³/mol. The van der Waals surface area contributed by atoms with Gasteiger partial charge in [0.2, 0.25) is 0 Å². The molecule has 5 nitrogen and oxygen atoms in total. The van der Waals surface area contributed by atoms with Crippen LogP contribution in [-0.2, 0) is 11.2 Å². The zero-order valence-electron chi connectivity index (χ0n) is 16.9. The summed E-state index contributed by atoms with van der Waals surface area (Å²) in [5.41, 5.74) is 1.21. The maximum Gasteiger partial charge on any atom is 0.303 e. The van der Waals surface area contributed by atoms with Crippen LogP contribution in [0, 0.1) is 17.8 Å². The van der Waals surface area contributed by atoms with E-state index < -0.39 is 24.3 Å². The molecule has 0 amide bonds. The first kappa shape index (κ1) is 22.9. The van der Waals surface area contributed by atoms with Crippen LogP contribution in [0.5, 0.6) is 0 Å². The van der Waals surface area contributed by atoms with Crippen molar-refractivity contribution in [1.29, 1.82) is 0 Å². The van der Waals surface area contributed by atoms with E-state index in [4.69, 9.17) is 5.11 Å². The van der Waals surface area contributed by atoms with Gasteiger partial charge in [-0.3, -0.25) is 4.79 Å². The number of hydrogen-bond donors (Lipinski definition) is 4. The number of benzene rings is 1. The Hall–Kier alpha value is -1.43.